The molecule has 0 saturated heterocycles. The summed E-state index contributed by atoms with van der Waals surface area (Å²) in [7, 11) is 0. The summed E-state index contributed by atoms with van der Waals surface area (Å²) < 4.78 is 0. The molecule has 0 radical (unpaired) electrons. The maximum atomic E-state index is 12.2. The molecule has 132 valence electrons. The van der Waals surface area contributed by atoms with E-state index < -0.39 is 12.1 Å². The first-order valence-corrected chi connectivity index (χ1v) is 8.48. The summed E-state index contributed by atoms with van der Waals surface area (Å²) in [5.74, 6) is 0. The van der Waals surface area contributed by atoms with Gasteiger partial charge < -0.3 is 15.7 Å². The highest BCUT2D eigenvalue weighted by Gasteiger charge is 2.16. The number of carbonyl (C=O) groups is 1. The fourth-order valence-corrected chi connectivity index (χ4v) is 2.86. The lowest BCUT2D eigenvalue weighted by molar-refractivity contribution is 0.225. The highest BCUT2D eigenvalue weighted by Crippen LogP contribution is 2.23. The third-order valence-corrected chi connectivity index (χ3v) is 4.27. The lowest BCUT2D eigenvalue weighted by atomic mass is 10.1. The molecule has 3 N–H and O–H groups in total. The molecule has 5 nitrogen and oxygen atoms in total. The van der Waals surface area contributed by atoms with Crippen molar-refractivity contribution in [2.75, 3.05) is 11.9 Å². The average Bonchev–Trinajstić information content (AvgIpc) is 2.68. The number of urea groups is 1. The van der Waals surface area contributed by atoms with E-state index in [1.807, 2.05) is 36.4 Å². The number of amides is 2. The van der Waals surface area contributed by atoms with Crippen LogP contribution >= 0.6 is 11.6 Å². The summed E-state index contributed by atoms with van der Waals surface area (Å²) in [5, 5.41) is 15.6. The predicted molar refractivity (Wildman–Crippen MR) is 103 cm³/mol. The molecule has 0 unspecified atom stereocenters. The van der Waals surface area contributed by atoms with Crippen LogP contribution in [0.4, 0.5) is 10.5 Å². The minimum atomic E-state index is -0.584. The Labute approximate surface area is 156 Å². The zero-order valence-electron chi connectivity index (χ0n) is 13.9. The Morgan fingerprint density at radius 1 is 1.00 bits per heavy atom. The third kappa shape index (κ3) is 4.39. The number of hydrogen-bond acceptors (Lipinski definition) is 3. The van der Waals surface area contributed by atoms with E-state index in [2.05, 4.69) is 15.6 Å². The SMILES string of the molecule is O=C(Nc1ccc(-c2ccncc2)cc1)N[C@H](CO)c1ccccc1Cl. The number of aliphatic hydroxyl groups is 1. The number of hydrogen-bond donors (Lipinski definition) is 3. The Kier molecular flexibility index (Phi) is 5.84. The van der Waals surface area contributed by atoms with Crippen LogP contribution in [0.2, 0.25) is 5.02 Å². The highest BCUT2D eigenvalue weighted by atomic mass is 35.5. The quantitative estimate of drug-likeness (QED) is 0.630. The van der Waals surface area contributed by atoms with Crippen molar-refractivity contribution in [1.82, 2.24) is 10.3 Å². The number of pyridine rings is 1. The molecule has 0 aliphatic rings. The van der Waals surface area contributed by atoms with E-state index in [0.717, 1.165) is 11.1 Å². The van der Waals surface area contributed by atoms with Gasteiger partial charge in [0.05, 0.1) is 12.6 Å². The molecule has 3 aromatic rings. The molecule has 2 amide bonds. The Bertz CT molecular complexity index is 870. The maximum Gasteiger partial charge on any atom is 0.319 e. The summed E-state index contributed by atoms with van der Waals surface area (Å²) in [6.07, 6.45) is 3.47. The summed E-state index contributed by atoms with van der Waals surface area (Å²) in [6.45, 7) is -0.252. The minimum absolute atomic E-state index is 0.252. The fourth-order valence-electron chi connectivity index (χ4n) is 2.60. The first-order valence-electron chi connectivity index (χ1n) is 8.10. The van der Waals surface area contributed by atoms with Crippen molar-refractivity contribution in [3.63, 3.8) is 0 Å². The summed E-state index contributed by atoms with van der Waals surface area (Å²) >= 11 is 6.13. The fraction of sp³-hybridized carbons (Fsp3) is 0.100. The Balaban J connectivity index is 1.65. The van der Waals surface area contributed by atoms with E-state index in [0.29, 0.717) is 16.3 Å². The lowest BCUT2D eigenvalue weighted by Gasteiger charge is -2.18. The van der Waals surface area contributed by atoms with Gasteiger partial charge in [-0.3, -0.25) is 4.98 Å². The van der Waals surface area contributed by atoms with Crippen LogP contribution in [0.3, 0.4) is 0 Å². The Hall–Kier alpha value is -2.89. The molecule has 1 atom stereocenters. The summed E-state index contributed by atoms with van der Waals surface area (Å²) in [5.41, 5.74) is 3.40. The molecule has 0 aliphatic heterocycles. The topological polar surface area (TPSA) is 74.2 Å². The van der Waals surface area contributed by atoms with E-state index in [1.54, 1.807) is 36.7 Å². The highest BCUT2D eigenvalue weighted by molar-refractivity contribution is 6.31. The summed E-state index contributed by atoms with van der Waals surface area (Å²) in [6, 6.07) is 17.4. The largest absolute Gasteiger partial charge is 0.394 e. The van der Waals surface area contributed by atoms with Gasteiger partial charge in [0.15, 0.2) is 0 Å². The Morgan fingerprint density at radius 3 is 2.31 bits per heavy atom. The molecule has 6 heteroatoms. The van der Waals surface area contributed by atoms with Crippen molar-refractivity contribution in [2.24, 2.45) is 0 Å². The standard InChI is InChI=1S/C20H18ClN3O2/c21-18-4-2-1-3-17(18)19(13-25)24-20(26)23-16-7-5-14(6-8-16)15-9-11-22-12-10-15/h1-12,19,25H,13H2,(H2,23,24,26)/t19-/m1/s1. The van der Waals surface area contributed by atoms with Crippen molar-refractivity contribution < 1.29 is 9.90 Å². The molecule has 1 aromatic heterocycles. The van der Waals surface area contributed by atoms with Crippen LogP contribution < -0.4 is 10.6 Å². The van der Waals surface area contributed by atoms with Crippen LogP contribution in [0, 0.1) is 0 Å². The van der Waals surface area contributed by atoms with Gasteiger partial charge in [-0.05, 0) is 47.0 Å². The molecular formula is C20H18ClN3O2. The number of carbonyl (C=O) groups excluding carboxylic acids is 1. The molecule has 0 bridgehead atoms. The van der Waals surface area contributed by atoms with Crippen LogP contribution in [0.5, 0.6) is 0 Å². The van der Waals surface area contributed by atoms with Gasteiger partial charge in [-0.1, -0.05) is 41.9 Å². The first-order chi connectivity index (χ1) is 12.7. The monoisotopic (exact) mass is 367 g/mol. The van der Waals surface area contributed by atoms with Gasteiger partial charge in [0.1, 0.15) is 0 Å². The van der Waals surface area contributed by atoms with Crippen LogP contribution in [-0.2, 0) is 0 Å². The van der Waals surface area contributed by atoms with Crippen LogP contribution in [0.25, 0.3) is 11.1 Å². The second-order valence-electron chi connectivity index (χ2n) is 5.67. The normalized spacial score (nSPS) is 11.6. The predicted octanol–water partition coefficient (Wildman–Crippen LogP) is 4.26. The van der Waals surface area contributed by atoms with Crippen molar-refractivity contribution in [3.8, 4) is 11.1 Å². The van der Waals surface area contributed by atoms with E-state index in [4.69, 9.17) is 11.6 Å². The third-order valence-electron chi connectivity index (χ3n) is 3.92. The molecule has 0 spiro atoms. The summed E-state index contributed by atoms with van der Waals surface area (Å²) in [4.78, 5) is 16.2. The molecule has 0 saturated carbocycles. The minimum Gasteiger partial charge on any atom is -0.394 e. The van der Waals surface area contributed by atoms with Crippen molar-refractivity contribution >= 4 is 23.3 Å². The van der Waals surface area contributed by atoms with Gasteiger partial charge in [0.25, 0.3) is 0 Å². The van der Waals surface area contributed by atoms with Gasteiger partial charge in [-0.15, -0.1) is 0 Å². The number of rotatable bonds is 5. The van der Waals surface area contributed by atoms with E-state index in [1.165, 1.54) is 0 Å². The number of nitrogens with zero attached hydrogens (tertiary/aromatic N) is 1. The molecule has 3 rings (SSSR count). The van der Waals surface area contributed by atoms with Crippen LogP contribution in [0.1, 0.15) is 11.6 Å². The van der Waals surface area contributed by atoms with E-state index in [-0.39, 0.29) is 6.61 Å². The van der Waals surface area contributed by atoms with Crippen LogP contribution in [0.15, 0.2) is 73.1 Å². The average molecular weight is 368 g/mol. The lowest BCUT2D eigenvalue weighted by Crippen LogP contribution is -2.34. The smallest absolute Gasteiger partial charge is 0.319 e. The van der Waals surface area contributed by atoms with Gasteiger partial charge in [-0.25, -0.2) is 4.79 Å². The Morgan fingerprint density at radius 2 is 1.65 bits per heavy atom. The van der Waals surface area contributed by atoms with Crippen molar-refractivity contribution in [1.29, 1.82) is 0 Å². The van der Waals surface area contributed by atoms with Crippen molar-refractivity contribution in [2.45, 2.75) is 6.04 Å². The number of anilines is 1. The zero-order valence-corrected chi connectivity index (χ0v) is 14.6. The molecular weight excluding hydrogens is 350 g/mol. The van der Waals surface area contributed by atoms with Crippen LogP contribution in [-0.4, -0.2) is 22.7 Å². The van der Waals surface area contributed by atoms with Gasteiger partial charge in [0.2, 0.25) is 0 Å². The van der Waals surface area contributed by atoms with Crippen molar-refractivity contribution in [3.05, 3.63) is 83.6 Å². The molecule has 2 aromatic carbocycles. The number of benzene rings is 2. The second kappa shape index (κ2) is 8.47. The zero-order chi connectivity index (χ0) is 18.4. The number of aliphatic hydroxyl groups excluding tert-OH is 1. The molecule has 0 aliphatic carbocycles. The molecule has 0 fully saturated rings. The van der Waals surface area contributed by atoms with Gasteiger partial charge >= 0.3 is 6.03 Å². The van der Waals surface area contributed by atoms with Gasteiger partial charge in [0, 0.05) is 23.1 Å². The number of nitrogens with one attached hydrogen (secondary N) is 2. The second-order valence-corrected chi connectivity index (χ2v) is 6.08. The number of aromatic nitrogens is 1. The first kappa shape index (κ1) is 17.9. The van der Waals surface area contributed by atoms with E-state index in [9.17, 15) is 9.90 Å². The maximum absolute atomic E-state index is 12.2. The van der Waals surface area contributed by atoms with Gasteiger partial charge in [-0.2, -0.15) is 0 Å². The molecule has 26 heavy (non-hydrogen) atoms. The van der Waals surface area contributed by atoms with E-state index >= 15 is 0 Å². The molecule has 1 heterocycles. The number of halogens is 1.